The highest BCUT2D eigenvalue weighted by molar-refractivity contribution is 6.05. The third kappa shape index (κ3) is 3.99. The van der Waals surface area contributed by atoms with Crippen molar-refractivity contribution in [2.75, 3.05) is 17.7 Å². The normalized spacial score (nSPS) is 23.5. The number of nitrogens with one attached hydrogen (secondary N) is 1. The zero-order chi connectivity index (χ0) is 23.0. The first-order chi connectivity index (χ1) is 14.4. The number of alkyl halides is 3. The van der Waals surface area contributed by atoms with Crippen LogP contribution in [0.25, 0.3) is 0 Å². The highest BCUT2D eigenvalue weighted by Gasteiger charge is 2.59. The molecule has 0 saturated heterocycles. The van der Waals surface area contributed by atoms with Gasteiger partial charge in [0.05, 0.1) is 23.6 Å². The first kappa shape index (κ1) is 22.0. The summed E-state index contributed by atoms with van der Waals surface area (Å²) in [6, 6.07) is 7.71. The van der Waals surface area contributed by atoms with Crippen LogP contribution < -0.4 is 16.8 Å². The maximum atomic E-state index is 13.3. The van der Waals surface area contributed by atoms with Crippen molar-refractivity contribution in [3.8, 4) is 6.07 Å². The van der Waals surface area contributed by atoms with Gasteiger partial charge < -0.3 is 21.5 Å². The summed E-state index contributed by atoms with van der Waals surface area (Å²) in [7, 11) is 0. The van der Waals surface area contributed by atoms with Crippen LogP contribution in [0.3, 0.4) is 0 Å². The highest BCUT2D eigenvalue weighted by atomic mass is 19.4. The minimum atomic E-state index is -4.74. The van der Waals surface area contributed by atoms with Crippen molar-refractivity contribution < 1.29 is 22.7 Å². The summed E-state index contributed by atoms with van der Waals surface area (Å²) in [5.74, 6) is -1.31. The van der Waals surface area contributed by atoms with Gasteiger partial charge in [0.25, 0.3) is 5.91 Å². The third-order valence-corrected chi connectivity index (χ3v) is 4.84. The molecule has 1 aliphatic heterocycles. The molecule has 31 heavy (non-hydrogen) atoms. The summed E-state index contributed by atoms with van der Waals surface area (Å²) in [6.45, 7) is 1.90. The molecule has 0 spiro atoms. The molecule has 1 amide bonds. The van der Waals surface area contributed by atoms with Gasteiger partial charge in [0.15, 0.2) is 5.69 Å². The zero-order valence-electron chi connectivity index (χ0n) is 16.5. The van der Waals surface area contributed by atoms with E-state index < -0.39 is 35.7 Å². The number of nitrogens with zero attached hydrogens (tertiary/aromatic N) is 4. The van der Waals surface area contributed by atoms with E-state index in [-0.39, 0.29) is 28.5 Å². The number of amidine groups is 1. The third-order valence-electron chi connectivity index (χ3n) is 4.84. The van der Waals surface area contributed by atoms with E-state index in [1.165, 1.54) is 31.3 Å². The topological polar surface area (TPSA) is 152 Å². The number of hydrogen-bond acceptors (Lipinski definition) is 8. The Morgan fingerprint density at radius 3 is 2.61 bits per heavy atom. The van der Waals surface area contributed by atoms with Gasteiger partial charge in [-0.3, -0.25) is 9.79 Å². The molecule has 3 heterocycles. The van der Waals surface area contributed by atoms with Gasteiger partial charge in [-0.15, -0.1) is 0 Å². The first-order valence-electron chi connectivity index (χ1n) is 8.90. The molecule has 3 rings (SSSR count). The Kier molecular flexibility index (Phi) is 5.33. The number of nitrogens with two attached hydrogens (primary N) is 2. The number of nitriles is 1. The molecule has 162 valence electrons. The molecule has 0 bridgehead atoms. The van der Waals surface area contributed by atoms with Gasteiger partial charge in [-0.1, -0.05) is 6.07 Å². The molecule has 5 N–H and O–H groups in total. The number of aliphatic imine (C=N–C) groups is 1. The van der Waals surface area contributed by atoms with Crippen LogP contribution in [-0.2, 0) is 10.3 Å². The Balaban J connectivity index is 1.87. The smallest absolute Gasteiger partial charge is 0.397 e. The van der Waals surface area contributed by atoms with E-state index in [4.69, 9.17) is 21.5 Å². The fraction of sp³-hybridized carbons (Fsp3) is 0.316. The van der Waals surface area contributed by atoms with Crippen molar-refractivity contribution in [3.05, 3.63) is 47.4 Å². The summed E-state index contributed by atoms with van der Waals surface area (Å²) >= 11 is 0. The summed E-state index contributed by atoms with van der Waals surface area (Å²) in [4.78, 5) is 24.6. The molecule has 9 nitrogen and oxygen atoms in total. The van der Waals surface area contributed by atoms with E-state index in [9.17, 15) is 18.0 Å². The number of aromatic nitrogens is 2. The minimum absolute atomic E-state index is 0.00385. The van der Waals surface area contributed by atoms with Crippen molar-refractivity contribution >= 4 is 23.2 Å². The molecule has 1 aliphatic rings. The van der Waals surface area contributed by atoms with Crippen molar-refractivity contribution in [1.82, 2.24) is 9.97 Å². The summed E-state index contributed by atoms with van der Waals surface area (Å²) in [5.41, 5.74) is 7.69. The van der Waals surface area contributed by atoms with Crippen LogP contribution >= 0.6 is 0 Å². The molecule has 2 aromatic rings. The molecule has 12 heteroatoms. The molecule has 2 atom stereocenters. The van der Waals surface area contributed by atoms with Crippen LogP contribution in [0.5, 0.6) is 0 Å². The lowest BCUT2D eigenvalue weighted by molar-refractivity contribution is -0.249. The van der Waals surface area contributed by atoms with Crippen LogP contribution in [-0.4, -0.2) is 40.1 Å². The second kappa shape index (κ2) is 7.51. The second-order valence-corrected chi connectivity index (χ2v) is 7.23. The molecule has 0 aromatic carbocycles. The average molecular weight is 433 g/mol. The van der Waals surface area contributed by atoms with E-state index in [1.54, 1.807) is 6.07 Å². The lowest BCUT2D eigenvalue weighted by Crippen LogP contribution is -2.60. The molecule has 0 aliphatic carbocycles. The maximum absolute atomic E-state index is 13.3. The van der Waals surface area contributed by atoms with Crippen LogP contribution in [0.2, 0.25) is 0 Å². The van der Waals surface area contributed by atoms with Crippen molar-refractivity contribution in [1.29, 1.82) is 5.26 Å². The highest BCUT2D eigenvalue weighted by Crippen LogP contribution is 2.40. The first-order valence-corrected chi connectivity index (χ1v) is 8.90. The maximum Gasteiger partial charge on any atom is 0.424 e. The van der Waals surface area contributed by atoms with E-state index in [0.29, 0.717) is 0 Å². The van der Waals surface area contributed by atoms with E-state index in [2.05, 4.69) is 20.3 Å². The van der Waals surface area contributed by atoms with Gasteiger partial charge in [-0.25, -0.2) is 9.97 Å². The van der Waals surface area contributed by atoms with E-state index >= 15 is 0 Å². The zero-order valence-corrected chi connectivity index (χ0v) is 16.5. The predicted molar refractivity (Wildman–Crippen MR) is 105 cm³/mol. The standard InChI is InChI=1S/C19H18F3N7O2/c1-17(9-31-18(2,16(25)29-17)19(20,21)22)12-4-3-5-13(27-12)28-15(30)14-11(24)6-10(7-23)8-26-14/h3-6,8H,9,24H2,1-2H3,(H2,25,29)(H,27,28,30). The van der Waals surface area contributed by atoms with E-state index in [1.807, 2.05) is 6.07 Å². The summed E-state index contributed by atoms with van der Waals surface area (Å²) < 4.78 is 45.0. The number of rotatable bonds is 3. The largest absolute Gasteiger partial charge is 0.424 e. The number of hydrogen-bond donors (Lipinski definition) is 3. The van der Waals surface area contributed by atoms with Crippen molar-refractivity contribution in [2.45, 2.75) is 31.2 Å². The fourth-order valence-corrected chi connectivity index (χ4v) is 2.83. The number of nitrogen functional groups attached to an aromatic ring is 1. The lowest BCUT2D eigenvalue weighted by atomic mass is 9.93. The van der Waals surface area contributed by atoms with Gasteiger partial charge in [-0.05, 0) is 32.0 Å². The Hall–Kier alpha value is -3.72. The number of pyridine rings is 2. The Labute approximate surface area is 174 Å². The number of amides is 1. The number of carbonyl (C=O) groups excluding carboxylic acids is 1. The quantitative estimate of drug-likeness (QED) is 0.670. The number of halogens is 3. The monoisotopic (exact) mass is 433 g/mol. The number of carbonyl (C=O) groups is 1. The molecule has 0 saturated carbocycles. The van der Waals surface area contributed by atoms with Gasteiger partial charge in [-0.2, -0.15) is 18.4 Å². The average Bonchev–Trinajstić information content (AvgIpc) is 2.70. The van der Waals surface area contributed by atoms with Crippen LogP contribution in [0, 0.1) is 11.3 Å². The molecular formula is C19H18F3N7O2. The summed E-state index contributed by atoms with van der Waals surface area (Å²) in [5, 5.41) is 11.4. The fourth-order valence-electron chi connectivity index (χ4n) is 2.83. The van der Waals surface area contributed by atoms with Gasteiger partial charge >= 0.3 is 6.18 Å². The molecule has 2 unspecified atom stereocenters. The van der Waals surface area contributed by atoms with Gasteiger partial charge in [0.1, 0.15) is 23.3 Å². The lowest BCUT2D eigenvalue weighted by Gasteiger charge is -2.40. The summed E-state index contributed by atoms with van der Waals surface area (Å²) in [6.07, 6.45) is -3.54. The second-order valence-electron chi connectivity index (χ2n) is 7.23. The Morgan fingerprint density at radius 1 is 1.32 bits per heavy atom. The van der Waals surface area contributed by atoms with Gasteiger partial charge in [0, 0.05) is 6.20 Å². The molecule has 0 radical (unpaired) electrons. The van der Waals surface area contributed by atoms with Crippen LogP contribution in [0.1, 0.15) is 35.6 Å². The van der Waals surface area contributed by atoms with Gasteiger partial charge in [0.2, 0.25) is 5.60 Å². The molecule has 0 fully saturated rings. The Morgan fingerprint density at radius 2 is 2.03 bits per heavy atom. The number of anilines is 2. The van der Waals surface area contributed by atoms with Crippen LogP contribution in [0.4, 0.5) is 24.7 Å². The van der Waals surface area contributed by atoms with Crippen molar-refractivity contribution in [3.63, 3.8) is 0 Å². The SMILES string of the molecule is CC1(c2cccc(NC(=O)c3ncc(C#N)cc3N)n2)COC(C)(C(F)(F)F)C(N)=N1. The Bertz CT molecular complexity index is 1110. The predicted octanol–water partition coefficient (Wildman–Crippen LogP) is 2.11. The number of ether oxygens (including phenoxy) is 1. The molecule has 2 aromatic heterocycles. The van der Waals surface area contributed by atoms with Crippen molar-refractivity contribution in [2.24, 2.45) is 10.7 Å². The van der Waals surface area contributed by atoms with E-state index in [0.717, 1.165) is 6.92 Å². The minimum Gasteiger partial charge on any atom is -0.397 e. The molecular weight excluding hydrogens is 415 g/mol. The van der Waals surface area contributed by atoms with Crippen LogP contribution in [0.15, 0.2) is 35.5 Å².